The van der Waals surface area contributed by atoms with Crippen molar-refractivity contribution in [3.8, 4) is 0 Å². The summed E-state index contributed by atoms with van der Waals surface area (Å²) in [5.41, 5.74) is 4.41. The molecule has 0 spiro atoms. The van der Waals surface area contributed by atoms with Crippen LogP contribution in [0.25, 0.3) is 10.9 Å². The Balaban J connectivity index is 1.39. The first-order valence-corrected chi connectivity index (χ1v) is 13.0. The molecule has 5 aromatic rings. The summed E-state index contributed by atoms with van der Waals surface area (Å²) in [5.74, 6) is 0.766. The largest absolute Gasteiger partial charge is 0.459 e. The van der Waals surface area contributed by atoms with Gasteiger partial charge in [-0.2, -0.15) is 0 Å². The zero-order valence-electron chi connectivity index (χ0n) is 21.9. The maximum Gasteiger partial charge on any atom is 0.289 e. The number of carbonyl (C=O) groups excluding carboxylic acids is 1. The summed E-state index contributed by atoms with van der Waals surface area (Å²) in [6.07, 6.45) is 1.50. The van der Waals surface area contributed by atoms with E-state index in [1.807, 2.05) is 50.2 Å². The van der Waals surface area contributed by atoms with Crippen LogP contribution in [0, 0.1) is 13.8 Å². The van der Waals surface area contributed by atoms with Gasteiger partial charge in [-0.05, 0) is 65.1 Å². The maximum absolute atomic E-state index is 13.6. The first kappa shape index (κ1) is 24.7. The predicted molar refractivity (Wildman–Crippen MR) is 145 cm³/mol. The first-order chi connectivity index (χ1) is 19.0. The molecule has 1 atom stereocenters. The number of rotatable bonds is 6. The normalized spacial score (nSPS) is 15.1. The van der Waals surface area contributed by atoms with Gasteiger partial charge in [0.2, 0.25) is 0 Å². The van der Waals surface area contributed by atoms with Gasteiger partial charge in [-0.25, -0.2) is 4.68 Å². The summed E-state index contributed by atoms with van der Waals surface area (Å²) in [4.78, 5) is 33.6. The van der Waals surface area contributed by atoms with E-state index < -0.39 is 6.04 Å². The Labute approximate surface area is 224 Å². The monoisotopic (exact) mass is 523 g/mol. The van der Waals surface area contributed by atoms with Gasteiger partial charge in [0, 0.05) is 31.7 Å². The van der Waals surface area contributed by atoms with Crippen LogP contribution in [0.3, 0.4) is 0 Å². The van der Waals surface area contributed by atoms with Gasteiger partial charge in [0.05, 0.1) is 18.3 Å². The molecule has 1 fully saturated rings. The van der Waals surface area contributed by atoms with Crippen molar-refractivity contribution in [3.05, 3.63) is 111 Å². The minimum atomic E-state index is -0.501. The lowest BCUT2D eigenvalue weighted by Crippen LogP contribution is -2.50. The second kappa shape index (κ2) is 10.3. The van der Waals surface area contributed by atoms with Crippen LogP contribution in [0.4, 0.5) is 0 Å². The molecule has 3 aromatic heterocycles. The topological polar surface area (TPSA) is 113 Å². The van der Waals surface area contributed by atoms with Gasteiger partial charge in [0.1, 0.15) is 6.04 Å². The van der Waals surface area contributed by atoms with Gasteiger partial charge in [-0.15, -0.1) is 5.10 Å². The van der Waals surface area contributed by atoms with Crippen LogP contribution in [-0.4, -0.2) is 67.1 Å². The number of H-pyrrole nitrogens is 1. The third-order valence-corrected chi connectivity index (χ3v) is 7.29. The number of aryl methyl sites for hydroxylation is 2. The van der Waals surface area contributed by atoms with Crippen LogP contribution in [-0.2, 0) is 6.54 Å². The van der Waals surface area contributed by atoms with Gasteiger partial charge in [0.15, 0.2) is 11.6 Å². The van der Waals surface area contributed by atoms with Gasteiger partial charge >= 0.3 is 0 Å². The Kier molecular flexibility index (Phi) is 6.54. The molecule has 4 heterocycles. The summed E-state index contributed by atoms with van der Waals surface area (Å²) >= 11 is 0. The number of carbonyl (C=O) groups is 1. The molecule has 0 saturated carbocycles. The summed E-state index contributed by atoms with van der Waals surface area (Å²) in [5, 5.41) is 13.7. The van der Waals surface area contributed by atoms with E-state index in [0.717, 1.165) is 27.6 Å². The average Bonchev–Trinajstić information content (AvgIpc) is 3.63. The number of hydrogen-bond donors (Lipinski definition) is 1. The van der Waals surface area contributed by atoms with Crippen LogP contribution in [0.2, 0.25) is 0 Å². The van der Waals surface area contributed by atoms with E-state index >= 15 is 0 Å². The van der Waals surface area contributed by atoms with E-state index in [9.17, 15) is 9.59 Å². The maximum atomic E-state index is 13.6. The molecule has 6 rings (SSSR count). The molecule has 10 nitrogen and oxygen atoms in total. The molecule has 1 amide bonds. The van der Waals surface area contributed by atoms with E-state index in [1.54, 1.807) is 21.7 Å². The first-order valence-electron chi connectivity index (χ1n) is 13.0. The van der Waals surface area contributed by atoms with Crippen LogP contribution in [0.1, 0.15) is 44.7 Å². The smallest absolute Gasteiger partial charge is 0.289 e. The van der Waals surface area contributed by atoms with Crippen molar-refractivity contribution in [1.82, 2.24) is 35.0 Å². The summed E-state index contributed by atoms with van der Waals surface area (Å²) < 4.78 is 7.07. The third kappa shape index (κ3) is 4.86. The number of tetrazole rings is 1. The lowest BCUT2D eigenvalue weighted by Gasteiger charge is -2.38. The Bertz CT molecular complexity index is 1670. The fourth-order valence-corrected chi connectivity index (χ4v) is 5.42. The van der Waals surface area contributed by atoms with Crippen LogP contribution < -0.4 is 5.56 Å². The Morgan fingerprint density at radius 2 is 1.82 bits per heavy atom. The van der Waals surface area contributed by atoms with E-state index in [4.69, 9.17) is 4.42 Å². The number of piperazine rings is 1. The standard InChI is InChI=1S/C29H29N7O3/c1-19-15-20(2)25-22(16-19)17-23(28(37)30-25)26(27-31-32-33-36(27)18-21-7-4-3-5-8-21)34-10-12-35(13-11-34)29(38)24-9-6-14-39-24/h3-9,14-17,26H,10-13,18H2,1-2H3,(H,30,37). The number of benzene rings is 2. The highest BCUT2D eigenvalue weighted by atomic mass is 16.3. The zero-order valence-corrected chi connectivity index (χ0v) is 21.9. The number of aromatic amines is 1. The fourth-order valence-electron chi connectivity index (χ4n) is 5.42. The SMILES string of the molecule is Cc1cc(C)c2[nH]c(=O)c(C(c3nnnn3Cc3ccccc3)N3CCN(C(=O)c4ccco4)CC3)cc2c1. The lowest BCUT2D eigenvalue weighted by atomic mass is 10.00. The van der Waals surface area contributed by atoms with E-state index in [-0.39, 0.29) is 11.5 Å². The highest BCUT2D eigenvalue weighted by Crippen LogP contribution is 2.29. The molecule has 0 radical (unpaired) electrons. The molecule has 198 valence electrons. The number of hydrogen-bond acceptors (Lipinski definition) is 7. The second-order valence-electron chi connectivity index (χ2n) is 9.99. The van der Waals surface area contributed by atoms with Crippen molar-refractivity contribution in [2.75, 3.05) is 26.2 Å². The molecule has 0 bridgehead atoms. The van der Waals surface area contributed by atoms with Gasteiger partial charge in [-0.3, -0.25) is 14.5 Å². The quantitative estimate of drug-likeness (QED) is 0.363. The Morgan fingerprint density at radius 1 is 1.03 bits per heavy atom. The lowest BCUT2D eigenvalue weighted by molar-refractivity contribution is 0.0558. The van der Waals surface area contributed by atoms with Crippen molar-refractivity contribution in [2.45, 2.75) is 26.4 Å². The minimum Gasteiger partial charge on any atom is -0.459 e. The van der Waals surface area contributed by atoms with Crippen molar-refractivity contribution < 1.29 is 9.21 Å². The van der Waals surface area contributed by atoms with Crippen molar-refractivity contribution in [3.63, 3.8) is 0 Å². The van der Waals surface area contributed by atoms with Crippen LogP contribution in [0.5, 0.6) is 0 Å². The summed E-state index contributed by atoms with van der Waals surface area (Å²) in [6, 6.07) is 18.9. The minimum absolute atomic E-state index is 0.139. The fraction of sp³-hybridized carbons (Fsp3) is 0.276. The van der Waals surface area contributed by atoms with Crippen molar-refractivity contribution in [1.29, 1.82) is 0 Å². The third-order valence-electron chi connectivity index (χ3n) is 7.29. The van der Waals surface area contributed by atoms with E-state index in [2.05, 4.69) is 37.5 Å². The molecule has 1 saturated heterocycles. The summed E-state index contributed by atoms with van der Waals surface area (Å²) in [6.45, 7) is 6.57. The number of nitrogens with one attached hydrogen (secondary N) is 1. The van der Waals surface area contributed by atoms with Gasteiger partial charge in [-0.1, -0.05) is 42.0 Å². The Hall–Kier alpha value is -4.57. The van der Waals surface area contributed by atoms with E-state index in [0.29, 0.717) is 49.9 Å². The Morgan fingerprint density at radius 3 is 2.56 bits per heavy atom. The molecule has 0 aliphatic carbocycles. The molecule has 1 unspecified atom stereocenters. The number of nitrogens with zero attached hydrogens (tertiary/aromatic N) is 6. The molecule has 2 aromatic carbocycles. The number of pyridine rings is 1. The number of amides is 1. The molecule has 1 aliphatic rings. The summed E-state index contributed by atoms with van der Waals surface area (Å²) in [7, 11) is 0. The second-order valence-corrected chi connectivity index (χ2v) is 9.99. The number of aromatic nitrogens is 5. The van der Waals surface area contributed by atoms with Crippen LogP contribution in [0.15, 0.2) is 76.1 Å². The average molecular weight is 524 g/mol. The molecule has 10 heteroatoms. The molecular formula is C29H29N7O3. The molecule has 1 N–H and O–H groups in total. The number of fused-ring (bicyclic) bond motifs is 1. The number of furan rings is 1. The highest BCUT2D eigenvalue weighted by molar-refractivity contribution is 5.91. The van der Waals surface area contributed by atoms with Gasteiger partial charge < -0.3 is 14.3 Å². The van der Waals surface area contributed by atoms with Crippen molar-refractivity contribution >= 4 is 16.8 Å². The molecule has 39 heavy (non-hydrogen) atoms. The zero-order chi connectivity index (χ0) is 26.9. The van der Waals surface area contributed by atoms with Gasteiger partial charge in [0.25, 0.3) is 11.5 Å². The highest BCUT2D eigenvalue weighted by Gasteiger charge is 2.34. The van der Waals surface area contributed by atoms with Crippen molar-refractivity contribution in [2.24, 2.45) is 0 Å². The predicted octanol–water partition coefficient (Wildman–Crippen LogP) is 3.32. The van der Waals surface area contributed by atoms with Crippen LogP contribution >= 0.6 is 0 Å². The van der Waals surface area contributed by atoms with E-state index in [1.165, 1.54) is 6.26 Å². The molecular weight excluding hydrogens is 494 g/mol. The molecule has 1 aliphatic heterocycles.